The Labute approximate surface area is 195 Å². The van der Waals surface area contributed by atoms with Crippen LogP contribution in [0, 0.1) is 23.1 Å². The Kier molecular flexibility index (Phi) is 7.85. The van der Waals surface area contributed by atoms with Crippen LogP contribution in [-0.4, -0.2) is 30.6 Å². The van der Waals surface area contributed by atoms with Crippen molar-refractivity contribution in [1.82, 2.24) is 5.32 Å². The van der Waals surface area contributed by atoms with Gasteiger partial charge in [0.15, 0.2) is 0 Å². The van der Waals surface area contributed by atoms with Crippen LogP contribution >= 0.6 is 11.8 Å². The van der Waals surface area contributed by atoms with E-state index in [0.717, 1.165) is 30.9 Å². The molecule has 1 aliphatic heterocycles. The number of rotatable bonds is 7. The van der Waals surface area contributed by atoms with Crippen molar-refractivity contribution in [2.24, 2.45) is 5.92 Å². The molecule has 1 heterocycles. The molecule has 170 valence electrons. The molecule has 2 amide bonds. The van der Waals surface area contributed by atoms with E-state index in [0.29, 0.717) is 5.69 Å². The maximum atomic E-state index is 14.6. The summed E-state index contributed by atoms with van der Waals surface area (Å²) in [5.74, 6) is -5.32. The van der Waals surface area contributed by atoms with Crippen molar-refractivity contribution in [2.45, 2.75) is 19.3 Å². The van der Waals surface area contributed by atoms with Gasteiger partial charge in [0.05, 0.1) is 29.5 Å². The van der Waals surface area contributed by atoms with Crippen molar-refractivity contribution in [2.75, 3.05) is 18.2 Å². The summed E-state index contributed by atoms with van der Waals surface area (Å²) in [6.45, 7) is 1.97. The number of benzene rings is 2. The van der Waals surface area contributed by atoms with Gasteiger partial charge in [-0.05, 0) is 29.7 Å². The first-order valence-electron chi connectivity index (χ1n) is 10.2. The largest absolute Gasteiger partial charge is 0.468 e. The summed E-state index contributed by atoms with van der Waals surface area (Å²) in [5.41, 5.74) is 1.67. The second-order valence-electron chi connectivity index (χ2n) is 7.19. The van der Waals surface area contributed by atoms with Gasteiger partial charge in [-0.3, -0.25) is 14.4 Å². The predicted octanol–water partition coefficient (Wildman–Crippen LogP) is 3.50. The summed E-state index contributed by atoms with van der Waals surface area (Å²) in [6, 6.07) is 15.0. The van der Waals surface area contributed by atoms with Gasteiger partial charge in [0.25, 0.3) is 0 Å². The highest BCUT2D eigenvalue weighted by molar-refractivity contribution is 8.03. The number of nitrogens with zero attached hydrogens (tertiary/aromatic N) is 1. The molecule has 0 saturated carbocycles. The Morgan fingerprint density at radius 1 is 1.21 bits per heavy atom. The zero-order valence-electron chi connectivity index (χ0n) is 18.1. The zero-order chi connectivity index (χ0) is 24.0. The van der Waals surface area contributed by atoms with Crippen molar-refractivity contribution in [3.63, 3.8) is 0 Å². The lowest BCUT2D eigenvalue weighted by atomic mass is 9.78. The molecule has 0 saturated heterocycles. The molecule has 0 aliphatic carbocycles. The fourth-order valence-corrected chi connectivity index (χ4v) is 4.51. The Balaban J connectivity index is 1.90. The molecule has 0 aromatic heterocycles. The number of nitrogens with one attached hydrogen (secondary N) is 2. The number of halogens is 1. The van der Waals surface area contributed by atoms with Crippen molar-refractivity contribution in [3.05, 3.63) is 76.1 Å². The van der Waals surface area contributed by atoms with Gasteiger partial charge in [-0.25, -0.2) is 4.39 Å². The number of nitriles is 1. The van der Waals surface area contributed by atoms with E-state index in [1.807, 2.05) is 31.2 Å². The van der Waals surface area contributed by atoms with E-state index in [1.165, 1.54) is 18.2 Å². The van der Waals surface area contributed by atoms with Crippen LogP contribution in [-0.2, 0) is 25.5 Å². The molecule has 3 rings (SSSR count). The third-order valence-electron chi connectivity index (χ3n) is 5.24. The summed E-state index contributed by atoms with van der Waals surface area (Å²) < 4.78 is 19.4. The quantitative estimate of drug-likeness (QED) is 0.477. The van der Waals surface area contributed by atoms with Crippen LogP contribution in [0.5, 0.6) is 0 Å². The second-order valence-corrected chi connectivity index (χ2v) is 8.18. The fourth-order valence-electron chi connectivity index (χ4n) is 3.66. The Hall–Kier alpha value is -3.64. The molecule has 2 aromatic carbocycles. The molecule has 2 N–H and O–H groups in total. The topological polar surface area (TPSA) is 108 Å². The third-order valence-corrected chi connectivity index (χ3v) is 6.26. The third kappa shape index (κ3) is 5.23. The number of ether oxygens (including phenoxy) is 1. The molecule has 33 heavy (non-hydrogen) atoms. The number of hydrogen-bond acceptors (Lipinski definition) is 6. The fraction of sp³-hybridized carbons (Fsp3) is 0.250. The molecular weight excluding hydrogens is 445 g/mol. The molecular formula is C24H22FN3O4S. The summed E-state index contributed by atoms with van der Waals surface area (Å²) in [7, 11) is 1.12. The lowest BCUT2D eigenvalue weighted by molar-refractivity contribution is -0.150. The number of esters is 1. The number of carbonyl (C=O) groups excluding carboxylic acids is 3. The van der Waals surface area contributed by atoms with Gasteiger partial charge in [-0.15, -0.1) is 0 Å². The van der Waals surface area contributed by atoms with Crippen LogP contribution in [0.15, 0.2) is 59.1 Å². The Bertz CT molecular complexity index is 1160. The van der Waals surface area contributed by atoms with Crippen molar-refractivity contribution < 1.29 is 23.5 Å². The lowest BCUT2D eigenvalue weighted by Crippen LogP contribution is -2.44. The second kappa shape index (κ2) is 10.8. The highest BCUT2D eigenvalue weighted by Gasteiger charge is 2.45. The first-order valence-corrected chi connectivity index (χ1v) is 11.2. The first kappa shape index (κ1) is 24.0. The maximum absolute atomic E-state index is 14.6. The van der Waals surface area contributed by atoms with Crippen LogP contribution in [0.1, 0.15) is 24.0 Å². The van der Waals surface area contributed by atoms with Gasteiger partial charge in [0, 0.05) is 11.6 Å². The highest BCUT2D eigenvalue weighted by atomic mass is 32.2. The van der Waals surface area contributed by atoms with E-state index in [2.05, 4.69) is 10.6 Å². The van der Waals surface area contributed by atoms with E-state index in [1.54, 1.807) is 12.1 Å². The number of para-hydroxylation sites is 1. The highest BCUT2D eigenvalue weighted by Crippen LogP contribution is 2.41. The van der Waals surface area contributed by atoms with Gasteiger partial charge in [0.1, 0.15) is 11.7 Å². The predicted molar refractivity (Wildman–Crippen MR) is 122 cm³/mol. The molecule has 1 aliphatic rings. The van der Waals surface area contributed by atoms with Crippen LogP contribution < -0.4 is 10.6 Å². The van der Waals surface area contributed by atoms with Crippen LogP contribution in [0.2, 0.25) is 0 Å². The summed E-state index contributed by atoms with van der Waals surface area (Å²) in [5, 5.41) is 15.3. The average molecular weight is 468 g/mol. The first-order chi connectivity index (χ1) is 15.9. The molecule has 0 unspecified atom stereocenters. The van der Waals surface area contributed by atoms with Gasteiger partial charge >= 0.3 is 5.97 Å². The number of carbonyl (C=O) groups is 3. The molecule has 0 bridgehead atoms. The lowest BCUT2D eigenvalue weighted by Gasteiger charge is -2.31. The number of allylic oxidation sites excluding steroid dienone is 1. The van der Waals surface area contributed by atoms with Gasteiger partial charge in [0.2, 0.25) is 11.8 Å². The SMILES string of the molecule is CCc1ccccc1NC(=O)CSC1=C(C#N)[C@@H](c2ccccc2F)[C@@H](C(=O)OC)C(=O)N1. The molecule has 0 radical (unpaired) electrons. The molecule has 0 fully saturated rings. The number of amides is 2. The van der Waals surface area contributed by atoms with Gasteiger partial charge < -0.3 is 15.4 Å². The molecule has 7 nitrogen and oxygen atoms in total. The van der Waals surface area contributed by atoms with E-state index in [-0.39, 0.29) is 27.8 Å². The monoisotopic (exact) mass is 467 g/mol. The minimum absolute atomic E-state index is 0.0122. The minimum atomic E-state index is -1.43. The number of aryl methyl sites for hydroxylation is 1. The van der Waals surface area contributed by atoms with Crippen LogP contribution in [0.4, 0.5) is 10.1 Å². The standard InChI is InChI=1S/C24H22FN3O4S/c1-3-14-8-4-7-11-18(14)27-19(29)13-33-23-16(12-26)20(15-9-5-6-10-17(15)25)21(22(30)28-23)24(31)32-2/h4-11,20-21H,3,13H2,1-2H3,(H,27,29)(H,28,30)/t20-,21-/m1/s1. The zero-order valence-corrected chi connectivity index (χ0v) is 18.9. The van der Waals surface area contributed by atoms with Crippen molar-refractivity contribution in [3.8, 4) is 6.07 Å². The Morgan fingerprint density at radius 2 is 1.91 bits per heavy atom. The van der Waals surface area contributed by atoms with E-state index < -0.39 is 29.5 Å². The molecule has 2 atom stereocenters. The van der Waals surface area contributed by atoms with E-state index in [9.17, 15) is 24.0 Å². The van der Waals surface area contributed by atoms with Gasteiger partial charge in [-0.2, -0.15) is 5.26 Å². The van der Waals surface area contributed by atoms with Crippen molar-refractivity contribution >= 4 is 35.2 Å². The maximum Gasteiger partial charge on any atom is 0.319 e. The van der Waals surface area contributed by atoms with E-state index >= 15 is 0 Å². The average Bonchev–Trinajstić information content (AvgIpc) is 2.82. The van der Waals surface area contributed by atoms with E-state index in [4.69, 9.17) is 4.74 Å². The summed E-state index contributed by atoms with van der Waals surface area (Å²) >= 11 is 0.939. The molecule has 0 spiro atoms. The number of hydrogen-bond donors (Lipinski definition) is 2. The normalized spacial score (nSPS) is 17.7. The minimum Gasteiger partial charge on any atom is -0.468 e. The number of thioether (sulfide) groups is 1. The molecule has 9 heteroatoms. The van der Waals surface area contributed by atoms with Crippen molar-refractivity contribution in [1.29, 1.82) is 5.26 Å². The van der Waals surface area contributed by atoms with Crippen LogP contribution in [0.3, 0.4) is 0 Å². The smallest absolute Gasteiger partial charge is 0.319 e. The summed E-state index contributed by atoms with van der Waals surface area (Å²) in [6.07, 6.45) is 0.739. The van der Waals surface area contributed by atoms with Crippen LogP contribution in [0.25, 0.3) is 0 Å². The number of methoxy groups -OCH3 is 1. The van der Waals surface area contributed by atoms with Gasteiger partial charge in [-0.1, -0.05) is 55.1 Å². The molecule has 2 aromatic rings. The Morgan fingerprint density at radius 3 is 2.58 bits per heavy atom. The number of anilines is 1. The summed E-state index contributed by atoms with van der Waals surface area (Å²) in [4.78, 5) is 37.7.